The molecule has 9 heteroatoms. The number of hydrogen-bond donors (Lipinski definition) is 2. The molecule has 0 spiro atoms. The molecule has 1 aromatic rings. The minimum absolute atomic E-state index is 0.191. The highest BCUT2D eigenvalue weighted by atomic mass is 32.2. The SMILES string of the molecule is COC(=O)C1=C(SCCNC(=O)OCc2ccccc2)C[C@@H]2[C@@H]([C@@H](C)O)C(=O)N12. The van der Waals surface area contributed by atoms with Gasteiger partial charge in [-0.3, -0.25) is 4.79 Å². The molecular formula is C20H24N2O6S. The van der Waals surface area contributed by atoms with Gasteiger partial charge in [-0.15, -0.1) is 11.8 Å². The first-order valence-electron chi connectivity index (χ1n) is 9.34. The summed E-state index contributed by atoms with van der Waals surface area (Å²) in [6.45, 7) is 2.11. The van der Waals surface area contributed by atoms with Crippen LogP contribution in [0.3, 0.4) is 0 Å². The minimum atomic E-state index is -0.770. The molecule has 2 aliphatic heterocycles. The Hall–Kier alpha value is -2.52. The Bertz CT molecular complexity index is 810. The third-order valence-electron chi connectivity index (χ3n) is 4.93. The van der Waals surface area contributed by atoms with Crippen LogP contribution in [-0.2, 0) is 25.7 Å². The van der Waals surface area contributed by atoms with Crippen LogP contribution in [0.4, 0.5) is 4.79 Å². The summed E-state index contributed by atoms with van der Waals surface area (Å²) in [5.41, 5.74) is 1.15. The van der Waals surface area contributed by atoms with E-state index in [-0.39, 0.29) is 24.3 Å². The molecule has 0 unspecified atom stereocenters. The van der Waals surface area contributed by atoms with Crippen molar-refractivity contribution in [1.29, 1.82) is 0 Å². The van der Waals surface area contributed by atoms with E-state index in [1.165, 1.54) is 23.8 Å². The molecule has 3 atom stereocenters. The summed E-state index contributed by atoms with van der Waals surface area (Å²) in [5.74, 6) is -0.824. The molecule has 2 heterocycles. The van der Waals surface area contributed by atoms with E-state index in [1.54, 1.807) is 6.92 Å². The van der Waals surface area contributed by atoms with Gasteiger partial charge in [0.2, 0.25) is 5.91 Å². The number of amides is 2. The zero-order valence-corrected chi connectivity index (χ0v) is 17.1. The maximum Gasteiger partial charge on any atom is 0.407 e. The second kappa shape index (κ2) is 9.32. The molecule has 29 heavy (non-hydrogen) atoms. The lowest BCUT2D eigenvalue weighted by Gasteiger charge is -2.44. The first kappa shape index (κ1) is 21.2. The van der Waals surface area contributed by atoms with Gasteiger partial charge in [0.05, 0.1) is 25.2 Å². The van der Waals surface area contributed by atoms with Crippen molar-refractivity contribution in [2.75, 3.05) is 19.4 Å². The molecule has 0 aromatic heterocycles. The van der Waals surface area contributed by atoms with Gasteiger partial charge in [-0.2, -0.15) is 0 Å². The molecule has 1 fully saturated rings. The normalized spacial score (nSPS) is 21.3. The number of thioether (sulfide) groups is 1. The van der Waals surface area contributed by atoms with Gasteiger partial charge in [0.25, 0.3) is 0 Å². The van der Waals surface area contributed by atoms with Crippen LogP contribution >= 0.6 is 11.8 Å². The van der Waals surface area contributed by atoms with E-state index in [4.69, 9.17) is 9.47 Å². The molecule has 156 valence electrons. The van der Waals surface area contributed by atoms with Crippen LogP contribution in [-0.4, -0.2) is 59.5 Å². The summed E-state index contributed by atoms with van der Waals surface area (Å²) in [6.07, 6.45) is -0.793. The Kier molecular flexibility index (Phi) is 6.81. The molecule has 1 saturated heterocycles. The van der Waals surface area contributed by atoms with E-state index in [0.29, 0.717) is 18.7 Å². The third kappa shape index (κ3) is 4.56. The fourth-order valence-corrected chi connectivity index (χ4v) is 4.61. The Morgan fingerprint density at radius 2 is 2.07 bits per heavy atom. The number of ether oxygens (including phenoxy) is 2. The summed E-state index contributed by atoms with van der Waals surface area (Å²) in [7, 11) is 1.27. The van der Waals surface area contributed by atoms with Crippen LogP contribution in [0.1, 0.15) is 18.9 Å². The lowest BCUT2D eigenvalue weighted by molar-refractivity contribution is -0.161. The molecule has 2 N–H and O–H groups in total. The second-order valence-electron chi connectivity index (χ2n) is 6.85. The fourth-order valence-electron chi connectivity index (χ4n) is 3.55. The van der Waals surface area contributed by atoms with Crippen LogP contribution in [0.15, 0.2) is 40.9 Å². The number of benzene rings is 1. The predicted molar refractivity (Wildman–Crippen MR) is 107 cm³/mol. The number of hydrogen-bond acceptors (Lipinski definition) is 7. The Balaban J connectivity index is 1.49. The van der Waals surface area contributed by atoms with Crippen LogP contribution in [0, 0.1) is 5.92 Å². The molecule has 2 aliphatic rings. The number of esters is 1. The van der Waals surface area contributed by atoms with Gasteiger partial charge in [-0.25, -0.2) is 9.59 Å². The second-order valence-corrected chi connectivity index (χ2v) is 8.04. The van der Waals surface area contributed by atoms with E-state index >= 15 is 0 Å². The topological polar surface area (TPSA) is 105 Å². The molecule has 0 saturated carbocycles. The number of rotatable bonds is 8. The minimum Gasteiger partial charge on any atom is -0.464 e. The fraction of sp³-hybridized carbons (Fsp3) is 0.450. The van der Waals surface area contributed by atoms with Gasteiger partial charge < -0.3 is 24.8 Å². The van der Waals surface area contributed by atoms with Crippen molar-refractivity contribution >= 4 is 29.7 Å². The summed E-state index contributed by atoms with van der Waals surface area (Å²) >= 11 is 1.39. The lowest BCUT2D eigenvalue weighted by Crippen LogP contribution is -2.61. The maximum atomic E-state index is 12.3. The first-order valence-corrected chi connectivity index (χ1v) is 10.3. The number of β-lactam (4-membered cyclic amide) rings is 1. The summed E-state index contributed by atoms with van der Waals surface area (Å²) in [6, 6.07) is 9.16. The monoisotopic (exact) mass is 420 g/mol. The predicted octanol–water partition coefficient (Wildman–Crippen LogP) is 1.64. The Labute approximate surface area is 173 Å². The van der Waals surface area contributed by atoms with Crippen molar-refractivity contribution in [3.8, 4) is 0 Å². The molecule has 2 amide bonds. The highest BCUT2D eigenvalue weighted by Gasteiger charge is 2.56. The molecular weight excluding hydrogens is 396 g/mol. The highest BCUT2D eigenvalue weighted by molar-refractivity contribution is 8.03. The van der Waals surface area contributed by atoms with E-state index < -0.39 is 24.1 Å². The molecule has 0 radical (unpaired) electrons. The van der Waals surface area contributed by atoms with E-state index in [2.05, 4.69) is 5.32 Å². The zero-order chi connectivity index (χ0) is 21.0. The van der Waals surface area contributed by atoms with Crippen molar-refractivity contribution in [3.05, 3.63) is 46.5 Å². The molecule has 1 aromatic carbocycles. The quantitative estimate of drug-likeness (QED) is 0.374. The number of aliphatic hydroxyl groups is 1. The highest BCUT2D eigenvalue weighted by Crippen LogP contribution is 2.47. The van der Waals surface area contributed by atoms with Gasteiger partial charge in [0.1, 0.15) is 12.3 Å². The first-order chi connectivity index (χ1) is 13.9. The molecule has 3 rings (SSSR count). The summed E-state index contributed by atoms with van der Waals surface area (Å²) < 4.78 is 9.97. The maximum absolute atomic E-state index is 12.3. The van der Waals surface area contributed by atoms with Crippen molar-refractivity contribution in [2.45, 2.75) is 32.1 Å². The van der Waals surface area contributed by atoms with E-state index in [0.717, 1.165) is 10.5 Å². The Morgan fingerprint density at radius 3 is 2.72 bits per heavy atom. The van der Waals surface area contributed by atoms with Gasteiger partial charge in [0, 0.05) is 23.6 Å². The number of carbonyl (C=O) groups is 3. The van der Waals surface area contributed by atoms with Crippen molar-refractivity contribution < 1.29 is 29.0 Å². The van der Waals surface area contributed by atoms with Gasteiger partial charge in [0.15, 0.2) is 0 Å². The number of carbonyl (C=O) groups excluding carboxylic acids is 3. The largest absolute Gasteiger partial charge is 0.464 e. The Morgan fingerprint density at radius 1 is 1.34 bits per heavy atom. The number of nitrogens with one attached hydrogen (secondary N) is 1. The van der Waals surface area contributed by atoms with E-state index in [9.17, 15) is 19.5 Å². The van der Waals surface area contributed by atoms with Crippen molar-refractivity contribution in [1.82, 2.24) is 10.2 Å². The molecule has 0 aliphatic carbocycles. The molecule has 0 bridgehead atoms. The van der Waals surface area contributed by atoms with Crippen molar-refractivity contribution in [3.63, 3.8) is 0 Å². The number of aliphatic hydroxyl groups excluding tert-OH is 1. The average Bonchev–Trinajstić information content (AvgIpc) is 3.03. The van der Waals surface area contributed by atoms with E-state index in [1.807, 2.05) is 30.3 Å². The van der Waals surface area contributed by atoms with Crippen LogP contribution in [0.5, 0.6) is 0 Å². The van der Waals surface area contributed by atoms with Crippen LogP contribution in [0.2, 0.25) is 0 Å². The standard InChI is InChI=1S/C20H24N2O6S/c1-12(23)16-14-10-15(17(19(25)27-2)22(14)18(16)24)29-9-8-21-20(26)28-11-13-6-4-3-5-7-13/h3-7,12,14,16,23H,8-11H2,1-2H3,(H,21,26)/t12-,14-,16-/m1/s1. The van der Waals surface area contributed by atoms with Gasteiger partial charge in [-0.1, -0.05) is 30.3 Å². The lowest BCUT2D eigenvalue weighted by atomic mass is 9.83. The average molecular weight is 420 g/mol. The summed E-state index contributed by atoms with van der Waals surface area (Å²) in [4.78, 5) is 38.4. The number of methoxy groups -OCH3 is 1. The van der Waals surface area contributed by atoms with Gasteiger partial charge >= 0.3 is 12.1 Å². The number of alkyl carbamates (subject to hydrolysis) is 1. The van der Waals surface area contributed by atoms with Crippen LogP contribution < -0.4 is 5.32 Å². The smallest absolute Gasteiger partial charge is 0.407 e. The third-order valence-corrected chi connectivity index (χ3v) is 6.04. The number of nitrogens with zero attached hydrogens (tertiary/aromatic N) is 1. The summed E-state index contributed by atoms with van der Waals surface area (Å²) in [5, 5.41) is 12.5. The molecule has 8 nitrogen and oxygen atoms in total. The van der Waals surface area contributed by atoms with Crippen molar-refractivity contribution in [2.24, 2.45) is 5.92 Å². The number of fused-ring (bicyclic) bond motifs is 1. The van der Waals surface area contributed by atoms with Gasteiger partial charge in [-0.05, 0) is 12.5 Å². The van der Waals surface area contributed by atoms with Crippen LogP contribution in [0.25, 0.3) is 0 Å². The zero-order valence-electron chi connectivity index (χ0n) is 16.3.